The number of nitrogens with zero attached hydrogens (tertiary/aromatic N) is 1. The smallest absolute Gasteiger partial charge is 0.368 e. The van der Waals surface area contributed by atoms with Crippen LogP contribution in [-0.2, 0) is 0 Å². The van der Waals surface area contributed by atoms with E-state index in [0.29, 0.717) is 0 Å². The van der Waals surface area contributed by atoms with Gasteiger partial charge in [-0.25, -0.2) is 0 Å². The van der Waals surface area contributed by atoms with E-state index in [1.807, 2.05) is 26.0 Å². The summed E-state index contributed by atoms with van der Waals surface area (Å²) >= 11 is 0. The Kier molecular flexibility index (Phi) is 14.0. The maximum Gasteiger partial charge on any atom is 1.00 e. The predicted octanol–water partition coefficient (Wildman–Crippen LogP) is -5.43. The molecule has 0 atom stereocenters. The van der Waals surface area contributed by atoms with Crippen LogP contribution in [0.5, 0.6) is 0 Å². The Labute approximate surface area is 83.7 Å². The van der Waals surface area contributed by atoms with Crippen molar-refractivity contribution in [2.75, 3.05) is 21.1 Å². The third kappa shape index (κ3) is 560. The Bertz CT molecular complexity index is 57.3. The van der Waals surface area contributed by atoms with Crippen LogP contribution >= 0.6 is 0 Å². The van der Waals surface area contributed by atoms with Gasteiger partial charge in [-0.1, -0.05) is 0 Å². The van der Waals surface area contributed by atoms with Crippen LogP contribution in [0.2, 0.25) is 0 Å². The van der Waals surface area contributed by atoms with E-state index in [1.165, 1.54) is 0 Å². The summed E-state index contributed by atoms with van der Waals surface area (Å²) in [7, 11) is 1.39. The van der Waals surface area contributed by atoms with Crippen molar-refractivity contribution in [2.24, 2.45) is 0 Å². The first-order valence-corrected chi connectivity index (χ1v) is 4.02. The molecule has 0 saturated heterocycles. The molecular weight excluding hydrogens is 165 g/mol. The summed E-state index contributed by atoms with van der Waals surface area (Å²) in [5.41, 5.74) is 0. The molecule has 4 N–H and O–H groups in total. The van der Waals surface area contributed by atoms with E-state index in [9.17, 15) is 0 Å². The zero-order valence-electron chi connectivity index (χ0n) is 6.74. The summed E-state index contributed by atoms with van der Waals surface area (Å²) in [5, 5.41) is 0. The van der Waals surface area contributed by atoms with Gasteiger partial charge >= 0.3 is 38.6 Å². The fourth-order valence-electron chi connectivity index (χ4n) is 0. The average molecular weight is 178 g/mol. The molecule has 0 aliphatic rings. The molecular formula is C3H13NNaO4Si+. The Morgan fingerprint density at radius 2 is 0.900 bits per heavy atom. The molecule has 10 heavy (non-hydrogen) atoms. The molecule has 0 aromatic heterocycles. The van der Waals surface area contributed by atoms with Gasteiger partial charge in [-0.3, -0.25) is 0 Å². The van der Waals surface area contributed by atoms with Crippen LogP contribution < -0.4 is 29.6 Å². The molecule has 0 unspecified atom stereocenters. The summed E-state index contributed by atoms with van der Waals surface area (Å²) in [5.74, 6) is 0. The van der Waals surface area contributed by atoms with E-state index in [-0.39, 0.29) is 29.6 Å². The van der Waals surface area contributed by atoms with Crippen molar-refractivity contribution in [1.82, 2.24) is 4.90 Å². The minimum absolute atomic E-state index is 0. The van der Waals surface area contributed by atoms with Gasteiger partial charge in [0.05, 0.1) is 0 Å². The van der Waals surface area contributed by atoms with E-state index >= 15 is 0 Å². The largest absolute Gasteiger partial charge is 1.00 e. The SMILES string of the molecule is CN(C)C.O[Si](O)(O)O.[Na+]. The van der Waals surface area contributed by atoms with Crippen LogP contribution in [0.4, 0.5) is 0 Å². The van der Waals surface area contributed by atoms with Crippen LogP contribution in [0.3, 0.4) is 0 Å². The first-order valence-electron chi connectivity index (χ1n) is 2.24. The van der Waals surface area contributed by atoms with Gasteiger partial charge in [-0.05, 0) is 21.1 Å². The molecule has 0 saturated carbocycles. The van der Waals surface area contributed by atoms with Crippen LogP contribution in [0, 0.1) is 0 Å². The molecule has 5 nitrogen and oxygen atoms in total. The molecule has 0 rings (SSSR count). The zero-order valence-corrected chi connectivity index (χ0v) is 9.74. The molecule has 0 fully saturated rings. The molecule has 0 aliphatic carbocycles. The average Bonchev–Trinajstić information content (AvgIpc) is 1.19. The summed E-state index contributed by atoms with van der Waals surface area (Å²) < 4.78 is 0. The quantitative estimate of drug-likeness (QED) is 0.278. The molecule has 58 valence electrons. The van der Waals surface area contributed by atoms with E-state index in [2.05, 4.69) is 0 Å². The van der Waals surface area contributed by atoms with Crippen molar-refractivity contribution in [1.29, 1.82) is 0 Å². The summed E-state index contributed by atoms with van der Waals surface area (Å²) in [6.45, 7) is 0. The first kappa shape index (κ1) is 17.2. The molecule has 0 amide bonds. The van der Waals surface area contributed by atoms with Crippen molar-refractivity contribution in [3.8, 4) is 0 Å². The van der Waals surface area contributed by atoms with Crippen LogP contribution in [0.25, 0.3) is 0 Å². The second kappa shape index (κ2) is 8.12. The molecule has 7 heteroatoms. The van der Waals surface area contributed by atoms with Gasteiger partial charge in [0.25, 0.3) is 0 Å². The van der Waals surface area contributed by atoms with E-state index < -0.39 is 9.05 Å². The third-order valence-corrected chi connectivity index (χ3v) is 0. The number of hydrogen-bond acceptors (Lipinski definition) is 5. The number of hydrogen-bond donors (Lipinski definition) is 4. The van der Waals surface area contributed by atoms with Crippen molar-refractivity contribution in [3.05, 3.63) is 0 Å². The molecule has 0 bridgehead atoms. The van der Waals surface area contributed by atoms with Crippen LogP contribution in [-0.4, -0.2) is 54.3 Å². The fourth-order valence-corrected chi connectivity index (χ4v) is 0. The maximum absolute atomic E-state index is 7.33. The van der Waals surface area contributed by atoms with E-state index in [4.69, 9.17) is 19.2 Å². The normalized spacial score (nSPS) is 9.60. The van der Waals surface area contributed by atoms with Gasteiger partial charge in [0.15, 0.2) is 0 Å². The molecule has 0 aliphatic heterocycles. The first-order chi connectivity index (χ1) is 3.73. The maximum atomic E-state index is 7.33. The standard InChI is InChI=1S/C3H9N.Na.H4O4Si/c1-4(2)3;;1-5(2,3)4/h1-3H3;;1-4H/q;+1;. The Morgan fingerprint density at radius 1 is 0.900 bits per heavy atom. The van der Waals surface area contributed by atoms with E-state index in [1.54, 1.807) is 0 Å². The second-order valence-electron chi connectivity index (χ2n) is 1.94. The monoisotopic (exact) mass is 178 g/mol. The fraction of sp³-hybridized carbons (Fsp3) is 1.00. The number of rotatable bonds is 0. The summed E-state index contributed by atoms with van der Waals surface area (Å²) in [6.07, 6.45) is 0. The van der Waals surface area contributed by atoms with Gasteiger partial charge in [0, 0.05) is 0 Å². The topological polar surface area (TPSA) is 84.2 Å². The molecule has 0 aromatic carbocycles. The molecule has 0 aromatic rings. The Morgan fingerprint density at radius 3 is 0.900 bits per heavy atom. The van der Waals surface area contributed by atoms with Crippen molar-refractivity contribution in [3.63, 3.8) is 0 Å². The van der Waals surface area contributed by atoms with Gasteiger partial charge in [0.2, 0.25) is 0 Å². The predicted molar refractivity (Wildman–Crippen MR) is 34.2 cm³/mol. The van der Waals surface area contributed by atoms with Gasteiger partial charge in [0.1, 0.15) is 0 Å². The van der Waals surface area contributed by atoms with Crippen LogP contribution in [0.1, 0.15) is 0 Å². The van der Waals surface area contributed by atoms with Gasteiger partial charge in [-0.15, -0.1) is 0 Å². The van der Waals surface area contributed by atoms with Gasteiger partial charge < -0.3 is 24.1 Å². The molecule has 0 radical (unpaired) electrons. The van der Waals surface area contributed by atoms with Crippen molar-refractivity contribution >= 4 is 9.05 Å². The Hall–Kier alpha value is 1.02. The molecule has 0 heterocycles. The summed E-state index contributed by atoms with van der Waals surface area (Å²) in [6, 6.07) is 0. The van der Waals surface area contributed by atoms with E-state index in [0.717, 1.165) is 0 Å². The minimum atomic E-state index is -4.61. The van der Waals surface area contributed by atoms with Gasteiger partial charge in [-0.2, -0.15) is 0 Å². The summed E-state index contributed by atoms with van der Waals surface area (Å²) in [4.78, 5) is 31.3. The third-order valence-electron chi connectivity index (χ3n) is 0. The molecule has 0 spiro atoms. The van der Waals surface area contributed by atoms with Crippen molar-refractivity contribution in [2.45, 2.75) is 0 Å². The zero-order chi connectivity index (χ0) is 8.08. The second-order valence-corrected chi connectivity index (χ2v) is 3.14. The van der Waals surface area contributed by atoms with Crippen molar-refractivity contribution < 1.29 is 48.7 Å². The van der Waals surface area contributed by atoms with Crippen LogP contribution in [0.15, 0.2) is 0 Å². The Balaban J connectivity index is -0.0000000910. The minimum Gasteiger partial charge on any atom is -0.368 e.